The number of halogens is 2. The summed E-state index contributed by atoms with van der Waals surface area (Å²) in [7, 11) is -2.13. The Morgan fingerprint density at radius 2 is 1.67 bits per heavy atom. The molecule has 0 bridgehead atoms. The number of anilines is 1. The molecule has 3 aromatic rings. The van der Waals surface area contributed by atoms with Crippen molar-refractivity contribution in [1.82, 2.24) is 10.2 Å². The Balaban J connectivity index is 1.61. The van der Waals surface area contributed by atoms with Gasteiger partial charge in [-0.15, -0.1) is 0 Å². The third-order valence-electron chi connectivity index (χ3n) is 8.05. The van der Waals surface area contributed by atoms with E-state index >= 15 is 0 Å². The average molecular weight is 675 g/mol. The SMILES string of the molecule is COc1cccc(N(CCCC(=O)N(Cc2ccc(Cl)c(Cl)c2)[C@H](Cc2ccccc2)C(=O)NC2CCCCC2)S(C)(=O)=O)c1. The fourth-order valence-corrected chi connectivity index (χ4v) is 6.98. The van der Waals surface area contributed by atoms with Crippen molar-refractivity contribution < 1.29 is 22.7 Å². The van der Waals surface area contributed by atoms with Crippen LogP contribution in [0, 0.1) is 0 Å². The van der Waals surface area contributed by atoms with Crippen molar-refractivity contribution in [2.75, 3.05) is 24.2 Å². The molecule has 11 heteroatoms. The maximum atomic E-state index is 14.1. The Bertz CT molecular complexity index is 1550. The molecule has 3 aromatic carbocycles. The largest absolute Gasteiger partial charge is 0.497 e. The number of nitrogens with zero attached hydrogens (tertiary/aromatic N) is 2. The van der Waals surface area contributed by atoms with Gasteiger partial charge in [0.05, 0.1) is 29.1 Å². The number of nitrogens with one attached hydrogen (secondary N) is 1. The van der Waals surface area contributed by atoms with Crippen molar-refractivity contribution in [3.63, 3.8) is 0 Å². The Labute approximate surface area is 276 Å². The first kappa shape index (κ1) is 34.6. The van der Waals surface area contributed by atoms with Crippen LogP contribution in [-0.2, 0) is 32.6 Å². The van der Waals surface area contributed by atoms with Crippen molar-refractivity contribution in [1.29, 1.82) is 0 Å². The van der Waals surface area contributed by atoms with E-state index in [2.05, 4.69) is 5.32 Å². The van der Waals surface area contributed by atoms with E-state index in [-0.39, 0.29) is 43.8 Å². The first-order valence-electron chi connectivity index (χ1n) is 15.2. The number of amides is 2. The van der Waals surface area contributed by atoms with E-state index in [0.717, 1.165) is 49.5 Å². The molecule has 1 atom stereocenters. The molecule has 0 aliphatic heterocycles. The summed E-state index contributed by atoms with van der Waals surface area (Å²) in [5.74, 6) is 0.0611. The zero-order valence-electron chi connectivity index (χ0n) is 25.8. The number of carbonyl (C=O) groups is 2. The van der Waals surface area contributed by atoms with E-state index in [1.54, 1.807) is 47.4 Å². The smallest absolute Gasteiger partial charge is 0.243 e. The van der Waals surface area contributed by atoms with Crippen LogP contribution in [0.4, 0.5) is 5.69 Å². The van der Waals surface area contributed by atoms with Gasteiger partial charge in [-0.1, -0.05) is 84.9 Å². The second-order valence-electron chi connectivity index (χ2n) is 11.5. The molecular weight excluding hydrogens is 633 g/mol. The number of hydrogen-bond donors (Lipinski definition) is 1. The third kappa shape index (κ3) is 10.1. The third-order valence-corrected chi connectivity index (χ3v) is 9.99. The van der Waals surface area contributed by atoms with Crippen molar-refractivity contribution >= 4 is 50.7 Å². The fraction of sp³-hybridized carbons (Fsp3) is 0.412. The summed E-state index contributed by atoms with van der Waals surface area (Å²) in [6.07, 6.45) is 6.83. The number of rotatable bonds is 14. The molecule has 242 valence electrons. The van der Waals surface area contributed by atoms with Crippen LogP contribution in [0.25, 0.3) is 0 Å². The number of carbonyl (C=O) groups excluding carboxylic acids is 2. The fourth-order valence-electron chi connectivity index (χ4n) is 5.70. The lowest BCUT2D eigenvalue weighted by molar-refractivity contribution is -0.141. The Morgan fingerprint density at radius 1 is 0.933 bits per heavy atom. The Morgan fingerprint density at radius 3 is 2.33 bits per heavy atom. The molecule has 2 amide bonds. The molecule has 0 spiro atoms. The van der Waals surface area contributed by atoms with E-state index in [4.69, 9.17) is 27.9 Å². The minimum absolute atomic E-state index is 0.0271. The highest BCUT2D eigenvalue weighted by Crippen LogP contribution is 2.26. The van der Waals surface area contributed by atoms with Gasteiger partial charge in [-0.2, -0.15) is 0 Å². The predicted molar refractivity (Wildman–Crippen MR) is 180 cm³/mol. The number of sulfonamides is 1. The summed E-state index contributed by atoms with van der Waals surface area (Å²) in [5, 5.41) is 3.98. The number of hydrogen-bond acceptors (Lipinski definition) is 5. The van der Waals surface area contributed by atoms with E-state index in [0.29, 0.717) is 27.9 Å². The minimum atomic E-state index is -3.64. The summed E-state index contributed by atoms with van der Waals surface area (Å²) < 4.78 is 32.0. The van der Waals surface area contributed by atoms with Gasteiger partial charge in [0.25, 0.3) is 0 Å². The molecule has 4 rings (SSSR count). The van der Waals surface area contributed by atoms with E-state index < -0.39 is 16.1 Å². The molecule has 1 N–H and O–H groups in total. The lowest BCUT2D eigenvalue weighted by Crippen LogP contribution is -2.52. The Hall–Kier alpha value is -3.27. The standard InChI is InChI=1S/C34H41Cl2N3O5S/c1-44-29-16-9-15-28(23-29)39(45(2,42)43)20-10-17-33(40)38(24-26-18-19-30(35)31(36)21-26)32(22-25-11-5-3-6-12-25)34(41)37-27-13-7-4-8-14-27/h3,5-6,9,11-12,15-16,18-19,21,23,27,32H,4,7-8,10,13-14,17,20,22,24H2,1-2H3,(H,37,41)/t32-/m1/s1. The van der Waals surface area contributed by atoms with E-state index in [9.17, 15) is 18.0 Å². The number of ether oxygens (including phenoxy) is 1. The van der Waals surface area contributed by atoms with Crippen LogP contribution in [0.15, 0.2) is 72.8 Å². The van der Waals surface area contributed by atoms with Gasteiger partial charge in [0, 0.05) is 38.0 Å². The van der Waals surface area contributed by atoms with Crippen LogP contribution in [0.3, 0.4) is 0 Å². The molecule has 1 fully saturated rings. The van der Waals surface area contributed by atoms with Crippen molar-refractivity contribution in [3.8, 4) is 5.75 Å². The molecule has 1 aliphatic rings. The minimum Gasteiger partial charge on any atom is -0.497 e. The van der Waals surface area contributed by atoms with Gasteiger partial charge in [0.15, 0.2) is 0 Å². The van der Waals surface area contributed by atoms with Gasteiger partial charge in [0.1, 0.15) is 11.8 Å². The summed E-state index contributed by atoms with van der Waals surface area (Å²) in [4.78, 5) is 29.7. The molecule has 1 aliphatic carbocycles. The quantitative estimate of drug-likeness (QED) is 0.207. The van der Waals surface area contributed by atoms with Gasteiger partial charge in [-0.05, 0) is 54.7 Å². The van der Waals surface area contributed by atoms with Gasteiger partial charge in [0.2, 0.25) is 21.8 Å². The molecule has 0 heterocycles. The molecule has 0 radical (unpaired) electrons. The first-order valence-corrected chi connectivity index (χ1v) is 17.8. The van der Waals surface area contributed by atoms with Crippen LogP contribution in [0.5, 0.6) is 5.75 Å². The number of methoxy groups -OCH3 is 1. The monoisotopic (exact) mass is 673 g/mol. The second kappa shape index (κ2) is 16.3. The molecule has 0 unspecified atom stereocenters. The van der Waals surface area contributed by atoms with Gasteiger partial charge in [-0.25, -0.2) is 8.42 Å². The lowest BCUT2D eigenvalue weighted by atomic mass is 9.94. The van der Waals surface area contributed by atoms with Gasteiger partial charge >= 0.3 is 0 Å². The molecule has 8 nitrogen and oxygen atoms in total. The van der Waals surface area contributed by atoms with Crippen LogP contribution in [0.1, 0.15) is 56.1 Å². The lowest BCUT2D eigenvalue weighted by Gasteiger charge is -2.34. The first-order chi connectivity index (χ1) is 21.5. The van der Waals surface area contributed by atoms with Gasteiger partial charge < -0.3 is 15.0 Å². The van der Waals surface area contributed by atoms with E-state index in [1.807, 2.05) is 30.3 Å². The molecule has 1 saturated carbocycles. The maximum Gasteiger partial charge on any atom is 0.243 e. The topological polar surface area (TPSA) is 96.0 Å². The van der Waals surface area contributed by atoms with Crippen LogP contribution >= 0.6 is 23.2 Å². The molecule has 0 saturated heterocycles. The highest BCUT2D eigenvalue weighted by atomic mass is 35.5. The summed E-state index contributed by atoms with van der Waals surface area (Å²) in [5.41, 5.74) is 2.11. The van der Waals surface area contributed by atoms with Gasteiger partial charge in [-0.3, -0.25) is 13.9 Å². The summed E-state index contributed by atoms with van der Waals surface area (Å²) >= 11 is 12.5. The normalized spacial score (nSPS) is 14.4. The average Bonchev–Trinajstić information content (AvgIpc) is 3.03. The molecule has 45 heavy (non-hydrogen) atoms. The maximum absolute atomic E-state index is 14.1. The summed E-state index contributed by atoms with van der Waals surface area (Å²) in [6, 6.07) is 20.9. The highest BCUT2D eigenvalue weighted by Gasteiger charge is 2.32. The van der Waals surface area contributed by atoms with Crippen molar-refractivity contribution in [2.24, 2.45) is 0 Å². The van der Waals surface area contributed by atoms with Crippen molar-refractivity contribution in [2.45, 2.75) is 70.0 Å². The zero-order chi connectivity index (χ0) is 32.4. The van der Waals surface area contributed by atoms with Crippen LogP contribution < -0.4 is 14.4 Å². The zero-order valence-corrected chi connectivity index (χ0v) is 28.1. The number of benzene rings is 3. The van der Waals surface area contributed by atoms with E-state index in [1.165, 1.54) is 11.4 Å². The van der Waals surface area contributed by atoms with Crippen LogP contribution in [-0.4, -0.2) is 57.1 Å². The van der Waals surface area contributed by atoms with Crippen LogP contribution in [0.2, 0.25) is 10.0 Å². The highest BCUT2D eigenvalue weighted by molar-refractivity contribution is 7.92. The molecular formula is C34H41Cl2N3O5S. The van der Waals surface area contributed by atoms with Crippen molar-refractivity contribution in [3.05, 3.63) is 94.0 Å². The second-order valence-corrected chi connectivity index (χ2v) is 14.2. The predicted octanol–water partition coefficient (Wildman–Crippen LogP) is 6.64. The molecule has 0 aromatic heterocycles. The summed E-state index contributed by atoms with van der Waals surface area (Å²) in [6.45, 7) is 0.215. The Kier molecular flexibility index (Phi) is 12.6.